The van der Waals surface area contributed by atoms with Crippen molar-refractivity contribution >= 4 is 29.4 Å². The van der Waals surface area contributed by atoms with E-state index < -0.39 is 12.0 Å². The first-order valence-corrected chi connectivity index (χ1v) is 8.36. The molecule has 0 radical (unpaired) electrons. The first-order chi connectivity index (χ1) is 12.3. The van der Waals surface area contributed by atoms with Gasteiger partial charge in [0.15, 0.2) is 6.61 Å². The third-order valence-electron chi connectivity index (χ3n) is 3.27. The lowest BCUT2D eigenvalue weighted by Gasteiger charge is -2.10. The van der Waals surface area contributed by atoms with Crippen molar-refractivity contribution in [2.45, 2.75) is 18.9 Å². The molecule has 2 rings (SSSR count). The van der Waals surface area contributed by atoms with Gasteiger partial charge in [0.1, 0.15) is 18.4 Å². The molecule has 0 saturated carbocycles. The highest BCUT2D eigenvalue weighted by molar-refractivity contribution is 6.30. The molecule has 1 aromatic carbocycles. The SMILES string of the molecule is CN(C)CCOC(=O)COc1ccc(Cl)cc1.O=C1CC[C@@H](C(=O)O)N1. The highest BCUT2D eigenvalue weighted by atomic mass is 35.5. The Kier molecular flexibility index (Phi) is 9.46. The Morgan fingerprint density at radius 3 is 2.42 bits per heavy atom. The number of ether oxygens (including phenoxy) is 2. The molecule has 0 bridgehead atoms. The van der Waals surface area contributed by atoms with E-state index in [0.29, 0.717) is 36.8 Å². The van der Waals surface area contributed by atoms with Crippen LogP contribution in [0.2, 0.25) is 5.02 Å². The number of carboxylic acids is 1. The molecule has 1 aliphatic heterocycles. The van der Waals surface area contributed by atoms with Crippen LogP contribution in [0.3, 0.4) is 0 Å². The second-order valence-corrected chi connectivity index (χ2v) is 6.20. The highest BCUT2D eigenvalue weighted by Crippen LogP contribution is 2.15. The van der Waals surface area contributed by atoms with Crippen LogP contribution < -0.4 is 10.1 Å². The average molecular weight is 387 g/mol. The number of hydrogen-bond donors (Lipinski definition) is 2. The second-order valence-electron chi connectivity index (χ2n) is 5.76. The number of amides is 1. The molecule has 9 heteroatoms. The van der Waals surface area contributed by atoms with E-state index in [0.717, 1.165) is 0 Å². The number of rotatable bonds is 7. The number of halogens is 1. The molecule has 26 heavy (non-hydrogen) atoms. The second kappa shape index (κ2) is 11.3. The number of aliphatic carboxylic acids is 1. The monoisotopic (exact) mass is 386 g/mol. The molecular weight excluding hydrogens is 364 g/mol. The number of likely N-dealkylation sites (N-methyl/N-ethyl adjacent to an activating group) is 1. The van der Waals surface area contributed by atoms with Crippen molar-refractivity contribution in [2.75, 3.05) is 33.9 Å². The molecular formula is C17H23ClN2O6. The smallest absolute Gasteiger partial charge is 0.344 e. The standard InChI is InChI=1S/C12H16ClNO3.C5H7NO3/c1-14(2)7-8-16-12(15)9-17-11-5-3-10(13)4-6-11;7-4-2-1-3(6-4)5(8)9/h3-6H,7-9H2,1-2H3;3H,1-2H2,(H,6,7)(H,8,9)/t;3-/m.0/s1. The van der Waals surface area contributed by atoms with Gasteiger partial charge in [-0.05, 0) is 44.8 Å². The van der Waals surface area contributed by atoms with E-state index in [4.69, 9.17) is 26.2 Å². The Labute approximate surface area is 157 Å². The van der Waals surface area contributed by atoms with Crippen molar-refractivity contribution in [1.82, 2.24) is 10.2 Å². The largest absolute Gasteiger partial charge is 0.482 e. The van der Waals surface area contributed by atoms with Crippen molar-refractivity contribution in [3.8, 4) is 5.75 Å². The topological polar surface area (TPSA) is 105 Å². The molecule has 1 fully saturated rings. The summed E-state index contributed by atoms with van der Waals surface area (Å²) in [6.07, 6.45) is 0.769. The molecule has 0 spiro atoms. The Hall–Kier alpha value is -2.32. The Bertz CT molecular complexity index is 606. The van der Waals surface area contributed by atoms with Gasteiger partial charge in [-0.15, -0.1) is 0 Å². The van der Waals surface area contributed by atoms with Crippen molar-refractivity contribution in [3.05, 3.63) is 29.3 Å². The van der Waals surface area contributed by atoms with Gasteiger partial charge in [0.25, 0.3) is 0 Å². The van der Waals surface area contributed by atoms with Crippen molar-refractivity contribution in [1.29, 1.82) is 0 Å². The first-order valence-electron chi connectivity index (χ1n) is 7.99. The minimum Gasteiger partial charge on any atom is -0.482 e. The van der Waals surface area contributed by atoms with E-state index in [-0.39, 0.29) is 18.5 Å². The lowest BCUT2D eigenvalue weighted by molar-refractivity contribution is -0.146. The number of benzene rings is 1. The van der Waals surface area contributed by atoms with Gasteiger partial charge in [0.2, 0.25) is 5.91 Å². The predicted molar refractivity (Wildman–Crippen MR) is 95.3 cm³/mol. The number of esters is 1. The summed E-state index contributed by atoms with van der Waals surface area (Å²) in [5.74, 6) is -0.885. The predicted octanol–water partition coefficient (Wildman–Crippen LogP) is 1.17. The summed E-state index contributed by atoms with van der Waals surface area (Å²) in [4.78, 5) is 33.7. The van der Waals surface area contributed by atoms with E-state index in [2.05, 4.69) is 5.32 Å². The van der Waals surface area contributed by atoms with Gasteiger partial charge in [0.05, 0.1) is 0 Å². The van der Waals surface area contributed by atoms with Crippen LogP contribution in [0, 0.1) is 0 Å². The number of carbonyl (C=O) groups is 3. The van der Waals surface area contributed by atoms with E-state index in [1.807, 2.05) is 19.0 Å². The third kappa shape index (κ3) is 9.24. The maximum atomic E-state index is 11.3. The van der Waals surface area contributed by atoms with Crippen LogP contribution in [0.25, 0.3) is 0 Å². The molecule has 0 aliphatic carbocycles. The maximum Gasteiger partial charge on any atom is 0.344 e. The minimum atomic E-state index is -0.944. The molecule has 2 N–H and O–H groups in total. The number of carboxylic acid groups (broad SMARTS) is 1. The Balaban J connectivity index is 0.000000314. The van der Waals surface area contributed by atoms with Crippen LogP contribution in [-0.2, 0) is 19.1 Å². The fourth-order valence-corrected chi connectivity index (χ4v) is 1.98. The number of hydrogen-bond acceptors (Lipinski definition) is 6. The van der Waals surface area contributed by atoms with E-state index >= 15 is 0 Å². The Morgan fingerprint density at radius 1 is 1.31 bits per heavy atom. The summed E-state index contributed by atoms with van der Waals surface area (Å²) >= 11 is 5.72. The molecule has 1 atom stereocenters. The minimum absolute atomic E-state index is 0.0882. The Morgan fingerprint density at radius 2 is 1.96 bits per heavy atom. The fraction of sp³-hybridized carbons (Fsp3) is 0.471. The summed E-state index contributed by atoms with van der Waals surface area (Å²) < 4.78 is 10.2. The van der Waals surface area contributed by atoms with Gasteiger partial charge in [0, 0.05) is 18.0 Å². The highest BCUT2D eigenvalue weighted by Gasteiger charge is 2.26. The normalized spacial score (nSPS) is 15.7. The molecule has 1 saturated heterocycles. The number of nitrogens with one attached hydrogen (secondary N) is 1. The molecule has 1 heterocycles. The lowest BCUT2D eigenvalue weighted by Crippen LogP contribution is -2.32. The first kappa shape index (κ1) is 21.7. The third-order valence-corrected chi connectivity index (χ3v) is 3.52. The zero-order chi connectivity index (χ0) is 19.5. The maximum absolute atomic E-state index is 11.3. The van der Waals surface area contributed by atoms with Crippen LogP contribution in [0.15, 0.2) is 24.3 Å². The van der Waals surface area contributed by atoms with Crippen LogP contribution >= 0.6 is 11.6 Å². The van der Waals surface area contributed by atoms with Crippen molar-refractivity contribution in [3.63, 3.8) is 0 Å². The molecule has 8 nitrogen and oxygen atoms in total. The summed E-state index contributed by atoms with van der Waals surface area (Å²) in [5, 5.41) is 11.3. The van der Waals surface area contributed by atoms with E-state index in [9.17, 15) is 14.4 Å². The van der Waals surface area contributed by atoms with Gasteiger partial charge in [-0.1, -0.05) is 11.6 Å². The molecule has 144 valence electrons. The average Bonchev–Trinajstić information content (AvgIpc) is 3.01. The van der Waals surface area contributed by atoms with Crippen molar-refractivity contribution < 1.29 is 29.0 Å². The van der Waals surface area contributed by atoms with Gasteiger partial charge in [-0.3, -0.25) is 4.79 Å². The van der Waals surface area contributed by atoms with Gasteiger partial charge >= 0.3 is 11.9 Å². The number of carbonyl (C=O) groups excluding carboxylic acids is 2. The van der Waals surface area contributed by atoms with E-state index in [1.165, 1.54) is 0 Å². The van der Waals surface area contributed by atoms with Crippen LogP contribution in [-0.4, -0.2) is 67.7 Å². The summed E-state index contributed by atoms with van der Waals surface area (Å²) in [6.45, 7) is 0.984. The van der Waals surface area contributed by atoms with Crippen LogP contribution in [0.5, 0.6) is 5.75 Å². The van der Waals surface area contributed by atoms with E-state index in [1.54, 1.807) is 24.3 Å². The molecule has 0 unspecified atom stereocenters. The lowest BCUT2D eigenvalue weighted by atomic mass is 10.2. The fourth-order valence-electron chi connectivity index (χ4n) is 1.86. The number of nitrogens with zero attached hydrogens (tertiary/aromatic N) is 1. The van der Waals surface area contributed by atoms with Crippen molar-refractivity contribution in [2.24, 2.45) is 0 Å². The zero-order valence-corrected chi connectivity index (χ0v) is 15.5. The van der Waals surface area contributed by atoms with Gasteiger partial charge < -0.3 is 24.8 Å². The molecule has 1 aliphatic rings. The summed E-state index contributed by atoms with van der Waals surface area (Å²) in [5.41, 5.74) is 0. The molecule has 1 aromatic rings. The van der Waals surface area contributed by atoms with Crippen LogP contribution in [0.4, 0.5) is 0 Å². The quantitative estimate of drug-likeness (QED) is 0.677. The van der Waals surface area contributed by atoms with Gasteiger partial charge in [-0.2, -0.15) is 0 Å². The zero-order valence-electron chi connectivity index (χ0n) is 14.7. The summed E-state index contributed by atoms with van der Waals surface area (Å²) in [7, 11) is 3.83. The van der Waals surface area contributed by atoms with Crippen LogP contribution in [0.1, 0.15) is 12.8 Å². The summed E-state index contributed by atoms with van der Waals surface area (Å²) in [6, 6.07) is 6.17. The molecule has 0 aromatic heterocycles. The van der Waals surface area contributed by atoms with Gasteiger partial charge in [-0.25, -0.2) is 9.59 Å². The molecule has 1 amide bonds.